The summed E-state index contributed by atoms with van der Waals surface area (Å²) in [6, 6.07) is 31.4. The van der Waals surface area contributed by atoms with E-state index in [1.54, 1.807) is 0 Å². The average molecular weight is 388 g/mol. The summed E-state index contributed by atoms with van der Waals surface area (Å²) in [6.45, 7) is 9.68. The fourth-order valence-corrected chi connectivity index (χ4v) is 4.35. The van der Waals surface area contributed by atoms with Crippen LogP contribution < -0.4 is 0 Å². The van der Waals surface area contributed by atoms with Gasteiger partial charge in [0.2, 0.25) is 0 Å². The number of hydrogen-bond donors (Lipinski definition) is 1. The summed E-state index contributed by atoms with van der Waals surface area (Å²) in [5.74, 6) is -0.113. The molecule has 0 fully saturated rings. The predicted octanol–water partition coefficient (Wildman–Crippen LogP) is 5.83. The van der Waals surface area contributed by atoms with Crippen LogP contribution in [0.2, 0.25) is 0 Å². The molecule has 0 aliphatic rings. The van der Waals surface area contributed by atoms with Crippen molar-refractivity contribution in [2.75, 3.05) is 6.54 Å². The predicted molar refractivity (Wildman–Crippen MR) is 122 cm³/mol. The zero-order valence-electron chi connectivity index (χ0n) is 18.0. The van der Waals surface area contributed by atoms with Crippen LogP contribution in [-0.4, -0.2) is 28.6 Å². The highest BCUT2D eigenvalue weighted by molar-refractivity contribution is 5.42. The van der Waals surface area contributed by atoms with Gasteiger partial charge >= 0.3 is 0 Å². The highest BCUT2D eigenvalue weighted by atomic mass is 16.3. The first-order valence-corrected chi connectivity index (χ1v) is 10.6. The van der Waals surface area contributed by atoms with Gasteiger partial charge in [0.25, 0.3) is 0 Å². The van der Waals surface area contributed by atoms with Crippen LogP contribution >= 0.6 is 0 Å². The van der Waals surface area contributed by atoms with Gasteiger partial charge in [-0.3, -0.25) is 4.90 Å². The number of nitrogens with zero attached hydrogens (tertiary/aromatic N) is 1. The molecule has 0 saturated heterocycles. The summed E-state index contributed by atoms with van der Waals surface area (Å²) in [6.07, 6.45) is 0. The van der Waals surface area contributed by atoms with Gasteiger partial charge in [-0.1, -0.05) is 91.0 Å². The molecule has 2 nitrogen and oxygen atoms in total. The van der Waals surface area contributed by atoms with E-state index in [2.05, 4.69) is 56.9 Å². The fourth-order valence-electron chi connectivity index (χ4n) is 4.35. The van der Waals surface area contributed by atoms with Crippen LogP contribution in [0.5, 0.6) is 0 Å². The van der Waals surface area contributed by atoms with Crippen molar-refractivity contribution in [3.8, 4) is 0 Å². The smallest absolute Gasteiger partial charge is 0.123 e. The van der Waals surface area contributed by atoms with Crippen molar-refractivity contribution >= 4 is 0 Å². The van der Waals surface area contributed by atoms with Crippen LogP contribution in [-0.2, 0) is 5.60 Å². The van der Waals surface area contributed by atoms with Gasteiger partial charge in [-0.15, -0.1) is 0 Å². The molecule has 0 unspecified atom stereocenters. The normalized spacial score (nSPS) is 13.2. The molecule has 3 rings (SSSR count). The molecular weight excluding hydrogens is 354 g/mol. The van der Waals surface area contributed by atoms with Crippen molar-refractivity contribution in [1.82, 2.24) is 4.90 Å². The number of hydrogen-bond acceptors (Lipinski definition) is 2. The molecule has 29 heavy (non-hydrogen) atoms. The van der Waals surface area contributed by atoms with Crippen LogP contribution in [0.25, 0.3) is 0 Å². The first-order valence-electron chi connectivity index (χ1n) is 10.6. The Morgan fingerprint density at radius 1 is 0.655 bits per heavy atom. The highest BCUT2D eigenvalue weighted by Crippen LogP contribution is 2.43. The lowest BCUT2D eigenvalue weighted by Gasteiger charge is -2.42. The second-order valence-electron chi connectivity index (χ2n) is 8.35. The quantitative estimate of drug-likeness (QED) is 0.526. The number of benzene rings is 3. The summed E-state index contributed by atoms with van der Waals surface area (Å²) in [5.41, 5.74) is 1.86. The van der Waals surface area contributed by atoms with E-state index < -0.39 is 5.60 Å². The minimum Gasteiger partial charge on any atom is -0.380 e. The molecule has 1 atom stereocenters. The van der Waals surface area contributed by atoms with Crippen molar-refractivity contribution in [3.05, 3.63) is 108 Å². The summed E-state index contributed by atoms with van der Waals surface area (Å²) >= 11 is 0. The maximum absolute atomic E-state index is 12.5. The van der Waals surface area contributed by atoms with Crippen molar-refractivity contribution in [1.29, 1.82) is 0 Å². The Balaban J connectivity index is 2.21. The number of rotatable bonds is 8. The molecule has 1 N–H and O–H groups in total. The Kier molecular flexibility index (Phi) is 6.89. The summed E-state index contributed by atoms with van der Waals surface area (Å²) in [7, 11) is 0. The van der Waals surface area contributed by atoms with E-state index >= 15 is 0 Å². The van der Waals surface area contributed by atoms with Gasteiger partial charge < -0.3 is 5.11 Å². The lowest BCUT2D eigenvalue weighted by molar-refractivity contribution is 0.0231. The molecule has 0 saturated carbocycles. The van der Waals surface area contributed by atoms with Gasteiger partial charge in [0.1, 0.15) is 5.60 Å². The van der Waals surface area contributed by atoms with E-state index in [9.17, 15) is 5.11 Å². The van der Waals surface area contributed by atoms with E-state index in [0.29, 0.717) is 12.1 Å². The molecule has 0 aromatic heterocycles. The molecule has 0 spiro atoms. The molecule has 0 aliphatic carbocycles. The fraction of sp³-hybridized carbons (Fsp3) is 0.333. The van der Waals surface area contributed by atoms with Gasteiger partial charge in [0.05, 0.1) is 0 Å². The molecule has 3 aromatic carbocycles. The molecular formula is C27H33NO. The third kappa shape index (κ3) is 4.60. The molecule has 0 heterocycles. The zero-order valence-corrected chi connectivity index (χ0v) is 18.0. The van der Waals surface area contributed by atoms with Crippen molar-refractivity contribution in [2.24, 2.45) is 0 Å². The lowest BCUT2D eigenvalue weighted by Crippen LogP contribution is -2.46. The summed E-state index contributed by atoms with van der Waals surface area (Å²) in [5, 5.41) is 12.5. The maximum Gasteiger partial charge on any atom is 0.123 e. The molecule has 0 bridgehead atoms. The van der Waals surface area contributed by atoms with E-state index in [1.807, 2.05) is 66.7 Å². The molecule has 152 valence electrons. The summed E-state index contributed by atoms with van der Waals surface area (Å²) < 4.78 is 0. The average Bonchev–Trinajstić information content (AvgIpc) is 2.75. The first-order chi connectivity index (χ1) is 13.9. The first kappa shape index (κ1) is 21.3. The van der Waals surface area contributed by atoms with Crippen LogP contribution in [0.4, 0.5) is 0 Å². The van der Waals surface area contributed by atoms with Crippen LogP contribution in [0.15, 0.2) is 91.0 Å². The van der Waals surface area contributed by atoms with Gasteiger partial charge in [-0.05, 0) is 44.4 Å². The molecule has 2 heteroatoms. The third-order valence-corrected chi connectivity index (χ3v) is 5.85. The second kappa shape index (κ2) is 9.39. The van der Waals surface area contributed by atoms with Crippen molar-refractivity contribution < 1.29 is 5.11 Å². The van der Waals surface area contributed by atoms with Crippen molar-refractivity contribution in [3.63, 3.8) is 0 Å². The zero-order chi connectivity index (χ0) is 20.9. The van der Waals surface area contributed by atoms with Gasteiger partial charge in [0, 0.05) is 24.5 Å². The maximum atomic E-state index is 12.5. The minimum absolute atomic E-state index is 0.113. The molecule has 0 radical (unpaired) electrons. The molecule has 0 aliphatic heterocycles. The Morgan fingerprint density at radius 2 is 1.03 bits per heavy atom. The van der Waals surface area contributed by atoms with Crippen LogP contribution in [0.3, 0.4) is 0 Å². The monoisotopic (exact) mass is 387 g/mol. The van der Waals surface area contributed by atoms with Gasteiger partial charge in [0.15, 0.2) is 0 Å². The van der Waals surface area contributed by atoms with Crippen LogP contribution in [0.1, 0.15) is 50.3 Å². The van der Waals surface area contributed by atoms with E-state index in [-0.39, 0.29) is 5.92 Å². The Bertz CT molecular complexity index is 811. The standard InChI is InChI=1S/C27H33NO/c1-21(2)28(22(3)4)20-26(23-14-8-5-9-15-23)27(29,24-16-10-6-11-17-24)25-18-12-7-13-19-25/h5-19,21-22,26,29H,20H2,1-4H3/t26-/m0/s1. The van der Waals surface area contributed by atoms with Gasteiger partial charge in [-0.25, -0.2) is 0 Å². The lowest BCUT2D eigenvalue weighted by atomic mass is 9.72. The topological polar surface area (TPSA) is 23.5 Å². The highest BCUT2D eigenvalue weighted by Gasteiger charge is 2.42. The Labute approximate surface area is 175 Å². The largest absolute Gasteiger partial charge is 0.380 e. The number of aliphatic hydroxyl groups is 1. The van der Waals surface area contributed by atoms with E-state index in [1.165, 1.54) is 0 Å². The SMILES string of the molecule is CC(C)N(C[C@@H](c1ccccc1)C(O)(c1ccccc1)c1ccccc1)C(C)C. The van der Waals surface area contributed by atoms with Crippen molar-refractivity contribution in [2.45, 2.75) is 51.3 Å². The van der Waals surface area contributed by atoms with E-state index in [4.69, 9.17) is 0 Å². The molecule has 0 amide bonds. The van der Waals surface area contributed by atoms with Crippen LogP contribution in [0, 0.1) is 0 Å². The second-order valence-corrected chi connectivity index (χ2v) is 8.35. The van der Waals surface area contributed by atoms with E-state index in [0.717, 1.165) is 23.2 Å². The summed E-state index contributed by atoms with van der Waals surface area (Å²) in [4.78, 5) is 2.47. The Morgan fingerprint density at radius 3 is 1.41 bits per heavy atom. The third-order valence-electron chi connectivity index (χ3n) is 5.85. The minimum atomic E-state index is -1.13. The van der Waals surface area contributed by atoms with Gasteiger partial charge in [-0.2, -0.15) is 0 Å². The molecule has 3 aromatic rings. The Hall–Kier alpha value is -2.42.